The van der Waals surface area contributed by atoms with Crippen molar-refractivity contribution in [2.45, 2.75) is 75.7 Å². The summed E-state index contributed by atoms with van der Waals surface area (Å²) in [7, 11) is 1.75. The molecule has 1 aliphatic carbocycles. The number of fused-ring (bicyclic) bond motifs is 3. The summed E-state index contributed by atoms with van der Waals surface area (Å²) in [6, 6.07) is 0. The molecule has 142 valence electrons. The third kappa shape index (κ3) is 3.69. The number of carbonyl (C=O) groups is 1. The number of thioether (sulfide) groups is 1. The number of hydrogen-bond donors (Lipinski definition) is 1. The van der Waals surface area contributed by atoms with Crippen molar-refractivity contribution in [2.75, 3.05) is 0 Å². The summed E-state index contributed by atoms with van der Waals surface area (Å²) in [6.45, 7) is 7.94. The van der Waals surface area contributed by atoms with Crippen LogP contribution in [0.1, 0.15) is 57.4 Å². The fourth-order valence-electron chi connectivity index (χ4n) is 3.11. The van der Waals surface area contributed by atoms with Gasteiger partial charge in [0.25, 0.3) is 5.56 Å². The fraction of sp³-hybridized carbons (Fsp3) is 0.632. The van der Waals surface area contributed by atoms with Gasteiger partial charge in [-0.25, -0.2) is 4.98 Å². The summed E-state index contributed by atoms with van der Waals surface area (Å²) < 4.78 is 1.60. The monoisotopic (exact) mass is 393 g/mol. The van der Waals surface area contributed by atoms with E-state index in [2.05, 4.69) is 12.2 Å². The minimum atomic E-state index is -0.314. The van der Waals surface area contributed by atoms with Crippen molar-refractivity contribution in [1.29, 1.82) is 0 Å². The highest BCUT2D eigenvalue weighted by molar-refractivity contribution is 8.00. The number of nitrogens with zero attached hydrogens (tertiary/aromatic N) is 2. The normalized spacial score (nSPS) is 15.7. The fourth-order valence-corrected chi connectivity index (χ4v) is 5.28. The molecule has 0 radical (unpaired) electrons. The third-order valence-electron chi connectivity index (χ3n) is 5.15. The molecule has 1 aliphatic rings. The Morgan fingerprint density at radius 1 is 1.38 bits per heavy atom. The van der Waals surface area contributed by atoms with Gasteiger partial charge in [0.15, 0.2) is 5.16 Å². The number of aryl methyl sites for hydroxylation is 2. The molecular formula is C19H27N3O2S2. The lowest BCUT2D eigenvalue weighted by Gasteiger charge is -2.26. The number of rotatable bonds is 5. The Labute approximate surface area is 162 Å². The number of carbonyl (C=O) groups excluding carboxylic acids is 1. The average Bonchev–Trinajstić information content (AvgIpc) is 2.97. The van der Waals surface area contributed by atoms with Crippen LogP contribution in [0.2, 0.25) is 0 Å². The van der Waals surface area contributed by atoms with Crippen LogP contribution >= 0.6 is 23.1 Å². The van der Waals surface area contributed by atoms with Gasteiger partial charge < -0.3 is 5.32 Å². The SMILES string of the molecule is CCC(C)(C)NC(=O)C(C)Sc1nc2sc3c(c2c(=O)n1C)CCCC3. The Morgan fingerprint density at radius 3 is 2.77 bits per heavy atom. The van der Waals surface area contributed by atoms with Gasteiger partial charge in [0.1, 0.15) is 4.83 Å². The maximum atomic E-state index is 12.9. The molecule has 2 heterocycles. The first-order valence-electron chi connectivity index (χ1n) is 9.23. The summed E-state index contributed by atoms with van der Waals surface area (Å²) in [5.74, 6) is -0.0262. The van der Waals surface area contributed by atoms with Crippen LogP contribution in [0.15, 0.2) is 9.95 Å². The molecule has 5 nitrogen and oxygen atoms in total. The molecule has 0 spiro atoms. The minimum Gasteiger partial charge on any atom is -0.350 e. The lowest BCUT2D eigenvalue weighted by atomic mass is 9.97. The van der Waals surface area contributed by atoms with E-state index < -0.39 is 0 Å². The average molecular weight is 394 g/mol. The maximum absolute atomic E-state index is 12.9. The van der Waals surface area contributed by atoms with Gasteiger partial charge in [0.2, 0.25) is 5.91 Å². The molecule has 1 unspecified atom stereocenters. The predicted octanol–water partition coefficient (Wildman–Crippen LogP) is 3.66. The zero-order valence-electron chi connectivity index (χ0n) is 16.1. The number of hydrogen-bond acceptors (Lipinski definition) is 5. The number of amides is 1. The highest BCUT2D eigenvalue weighted by Gasteiger charge is 2.25. The molecule has 26 heavy (non-hydrogen) atoms. The van der Waals surface area contributed by atoms with Crippen LogP contribution in [0, 0.1) is 0 Å². The van der Waals surface area contributed by atoms with Gasteiger partial charge in [-0.1, -0.05) is 18.7 Å². The van der Waals surface area contributed by atoms with Gasteiger partial charge in [-0.15, -0.1) is 11.3 Å². The number of aromatic nitrogens is 2. The predicted molar refractivity (Wildman–Crippen MR) is 109 cm³/mol. The van der Waals surface area contributed by atoms with E-state index >= 15 is 0 Å². The van der Waals surface area contributed by atoms with Crippen molar-refractivity contribution in [3.8, 4) is 0 Å². The number of nitrogens with one attached hydrogen (secondary N) is 1. The third-order valence-corrected chi connectivity index (χ3v) is 7.48. The second-order valence-electron chi connectivity index (χ2n) is 7.64. The van der Waals surface area contributed by atoms with E-state index in [0.29, 0.717) is 5.16 Å². The van der Waals surface area contributed by atoms with E-state index in [1.54, 1.807) is 23.0 Å². The molecule has 0 aliphatic heterocycles. The Bertz CT molecular complexity index is 898. The zero-order valence-corrected chi connectivity index (χ0v) is 17.8. The summed E-state index contributed by atoms with van der Waals surface area (Å²) >= 11 is 3.00. The van der Waals surface area contributed by atoms with E-state index in [9.17, 15) is 9.59 Å². The first kappa shape index (κ1) is 19.4. The molecule has 2 aromatic heterocycles. The van der Waals surface area contributed by atoms with E-state index in [-0.39, 0.29) is 22.3 Å². The van der Waals surface area contributed by atoms with Crippen molar-refractivity contribution in [3.05, 3.63) is 20.8 Å². The summed E-state index contributed by atoms with van der Waals surface area (Å²) in [5, 5.41) is 4.15. The van der Waals surface area contributed by atoms with Crippen molar-refractivity contribution < 1.29 is 4.79 Å². The molecule has 1 atom stereocenters. The van der Waals surface area contributed by atoms with Crippen LogP contribution in [0.3, 0.4) is 0 Å². The Hall–Kier alpha value is -1.34. The lowest BCUT2D eigenvalue weighted by Crippen LogP contribution is -2.46. The lowest BCUT2D eigenvalue weighted by molar-refractivity contribution is -0.121. The molecule has 1 N–H and O–H groups in total. The summed E-state index contributed by atoms with van der Waals surface area (Å²) in [6.07, 6.45) is 5.21. The van der Waals surface area contributed by atoms with Crippen LogP contribution in [0.5, 0.6) is 0 Å². The molecule has 0 saturated heterocycles. The van der Waals surface area contributed by atoms with E-state index in [0.717, 1.165) is 35.9 Å². The van der Waals surface area contributed by atoms with Crippen LogP contribution < -0.4 is 10.9 Å². The Balaban J connectivity index is 1.90. The first-order chi connectivity index (χ1) is 12.2. The van der Waals surface area contributed by atoms with Crippen LogP contribution in [-0.4, -0.2) is 26.2 Å². The first-order valence-corrected chi connectivity index (χ1v) is 10.9. The van der Waals surface area contributed by atoms with Gasteiger partial charge in [-0.05, 0) is 58.4 Å². The quantitative estimate of drug-likeness (QED) is 0.622. The molecule has 0 fully saturated rings. The molecular weight excluding hydrogens is 366 g/mol. The van der Waals surface area contributed by atoms with Gasteiger partial charge in [-0.2, -0.15) is 0 Å². The summed E-state index contributed by atoms with van der Waals surface area (Å²) in [5.41, 5.74) is 0.983. The van der Waals surface area contributed by atoms with Crippen molar-refractivity contribution in [2.24, 2.45) is 7.05 Å². The Kier molecular flexibility index (Phi) is 5.49. The summed E-state index contributed by atoms with van der Waals surface area (Å²) in [4.78, 5) is 32.3. The molecule has 1 amide bonds. The highest BCUT2D eigenvalue weighted by atomic mass is 32.2. The molecule has 3 rings (SSSR count). The maximum Gasteiger partial charge on any atom is 0.262 e. The molecule has 0 aromatic carbocycles. The van der Waals surface area contributed by atoms with Crippen molar-refractivity contribution >= 4 is 39.2 Å². The molecule has 2 aromatic rings. The van der Waals surface area contributed by atoms with Gasteiger partial charge >= 0.3 is 0 Å². The largest absolute Gasteiger partial charge is 0.350 e. The van der Waals surface area contributed by atoms with Crippen LogP contribution in [0.4, 0.5) is 0 Å². The van der Waals surface area contributed by atoms with Gasteiger partial charge in [0.05, 0.1) is 10.6 Å². The topological polar surface area (TPSA) is 64.0 Å². The van der Waals surface area contributed by atoms with Crippen LogP contribution in [0.25, 0.3) is 10.2 Å². The van der Waals surface area contributed by atoms with Crippen molar-refractivity contribution in [3.63, 3.8) is 0 Å². The zero-order chi connectivity index (χ0) is 19.1. The molecule has 7 heteroatoms. The second-order valence-corrected chi connectivity index (χ2v) is 10.0. The van der Waals surface area contributed by atoms with E-state index in [4.69, 9.17) is 4.98 Å². The van der Waals surface area contributed by atoms with Gasteiger partial charge in [-0.3, -0.25) is 14.2 Å². The van der Waals surface area contributed by atoms with Gasteiger partial charge in [0, 0.05) is 17.5 Å². The smallest absolute Gasteiger partial charge is 0.262 e. The van der Waals surface area contributed by atoms with E-state index in [1.165, 1.54) is 28.6 Å². The Morgan fingerprint density at radius 2 is 2.08 bits per heavy atom. The number of thiophene rings is 1. The highest BCUT2D eigenvalue weighted by Crippen LogP contribution is 2.35. The van der Waals surface area contributed by atoms with Crippen LogP contribution in [-0.2, 0) is 24.7 Å². The van der Waals surface area contributed by atoms with E-state index in [1.807, 2.05) is 20.8 Å². The minimum absolute atomic E-state index is 0.0124. The van der Waals surface area contributed by atoms with Crippen molar-refractivity contribution in [1.82, 2.24) is 14.9 Å². The second kappa shape index (κ2) is 7.35. The molecule has 0 saturated carbocycles. The standard InChI is InChI=1S/C19H27N3O2S2/c1-6-19(3,4)21-15(23)11(2)25-18-20-16-14(17(24)22(18)5)12-9-7-8-10-13(12)26-16/h11H,6-10H2,1-5H3,(H,21,23). The molecule has 0 bridgehead atoms.